The summed E-state index contributed by atoms with van der Waals surface area (Å²) in [4.78, 5) is 27.3. The number of sulfonamides is 1. The number of nitrogens with zero attached hydrogens (tertiary/aromatic N) is 2. The van der Waals surface area contributed by atoms with Gasteiger partial charge in [0, 0.05) is 18.5 Å². The van der Waals surface area contributed by atoms with Gasteiger partial charge in [-0.05, 0) is 62.7 Å². The lowest BCUT2D eigenvalue weighted by atomic mass is 10.0. The first-order valence-electron chi connectivity index (χ1n) is 11.6. The normalized spacial score (nSPS) is 19.8. The van der Waals surface area contributed by atoms with Crippen molar-refractivity contribution < 1.29 is 18.0 Å². The van der Waals surface area contributed by atoms with Crippen molar-refractivity contribution in [1.29, 1.82) is 0 Å². The standard InChI is InChI=1S/C25H31N3O4S/c1-19-6-8-20(9-7-19)23(27-15-4-2-3-5-16-27)18-26-25(30)21-10-12-22(13-11-21)28-24(29)14-17-33(28,31)32/h6-13,23H,2-5,14-18H2,1H3,(H,26,30)/t23-/m1/s1. The summed E-state index contributed by atoms with van der Waals surface area (Å²) >= 11 is 0. The van der Waals surface area contributed by atoms with Crippen LogP contribution in [0.5, 0.6) is 0 Å². The van der Waals surface area contributed by atoms with Gasteiger partial charge in [-0.25, -0.2) is 12.7 Å². The van der Waals surface area contributed by atoms with Crippen LogP contribution in [0, 0.1) is 6.92 Å². The quantitative estimate of drug-likeness (QED) is 0.701. The van der Waals surface area contributed by atoms with Crippen molar-refractivity contribution in [1.82, 2.24) is 10.2 Å². The van der Waals surface area contributed by atoms with Gasteiger partial charge in [0.05, 0.1) is 17.5 Å². The molecule has 0 radical (unpaired) electrons. The number of rotatable bonds is 6. The third kappa shape index (κ3) is 5.45. The van der Waals surface area contributed by atoms with Crippen molar-refractivity contribution in [3.63, 3.8) is 0 Å². The van der Waals surface area contributed by atoms with Crippen LogP contribution in [0.4, 0.5) is 5.69 Å². The first kappa shape index (κ1) is 23.4. The average molecular weight is 470 g/mol. The minimum Gasteiger partial charge on any atom is -0.350 e. The van der Waals surface area contributed by atoms with Gasteiger partial charge >= 0.3 is 0 Å². The maximum atomic E-state index is 12.9. The molecule has 8 heteroatoms. The molecule has 2 amide bonds. The average Bonchev–Trinajstić information content (AvgIpc) is 2.97. The van der Waals surface area contributed by atoms with Crippen LogP contribution in [-0.4, -0.2) is 50.5 Å². The smallest absolute Gasteiger partial charge is 0.251 e. The third-order valence-corrected chi connectivity index (χ3v) is 8.13. The van der Waals surface area contributed by atoms with E-state index in [9.17, 15) is 18.0 Å². The van der Waals surface area contributed by atoms with E-state index in [-0.39, 0.29) is 29.8 Å². The highest BCUT2D eigenvalue weighted by molar-refractivity contribution is 7.94. The van der Waals surface area contributed by atoms with Crippen molar-refractivity contribution in [3.8, 4) is 0 Å². The lowest BCUT2D eigenvalue weighted by Crippen LogP contribution is -2.38. The SMILES string of the molecule is Cc1ccc([C@@H](CNC(=O)c2ccc(N3C(=O)CCS3(=O)=O)cc2)N2CCCCCC2)cc1. The number of carbonyl (C=O) groups excluding carboxylic acids is 2. The zero-order valence-corrected chi connectivity index (χ0v) is 19.8. The molecule has 2 fully saturated rings. The number of benzene rings is 2. The number of aryl methyl sites for hydroxylation is 1. The summed E-state index contributed by atoms with van der Waals surface area (Å²) < 4.78 is 25.1. The fourth-order valence-electron chi connectivity index (χ4n) is 4.56. The molecule has 2 aromatic rings. The van der Waals surface area contributed by atoms with E-state index >= 15 is 0 Å². The Labute approximate surface area is 195 Å². The van der Waals surface area contributed by atoms with E-state index in [1.54, 1.807) is 12.1 Å². The molecular formula is C25H31N3O4S. The molecule has 2 saturated heterocycles. The molecule has 2 aliphatic heterocycles. The Balaban J connectivity index is 1.46. The van der Waals surface area contributed by atoms with Crippen molar-refractivity contribution >= 4 is 27.5 Å². The second-order valence-corrected chi connectivity index (χ2v) is 10.8. The number of likely N-dealkylation sites (tertiary alicyclic amines) is 1. The van der Waals surface area contributed by atoms with E-state index in [1.165, 1.54) is 36.1 Å². The third-order valence-electron chi connectivity index (χ3n) is 6.44. The van der Waals surface area contributed by atoms with Crippen molar-refractivity contribution in [3.05, 3.63) is 65.2 Å². The number of hydrogen-bond acceptors (Lipinski definition) is 5. The molecule has 0 aromatic heterocycles. The van der Waals surface area contributed by atoms with Crippen LogP contribution in [0.3, 0.4) is 0 Å². The lowest BCUT2D eigenvalue weighted by Gasteiger charge is -2.31. The molecule has 1 atom stereocenters. The van der Waals surface area contributed by atoms with Gasteiger partial charge in [0.15, 0.2) is 0 Å². The van der Waals surface area contributed by atoms with Crippen LogP contribution in [0.1, 0.15) is 59.6 Å². The molecule has 33 heavy (non-hydrogen) atoms. The van der Waals surface area contributed by atoms with Crippen molar-refractivity contribution in [2.24, 2.45) is 0 Å². The molecule has 0 aliphatic carbocycles. The van der Waals surface area contributed by atoms with Gasteiger partial charge in [0.25, 0.3) is 5.91 Å². The van der Waals surface area contributed by atoms with Crippen LogP contribution in [0.25, 0.3) is 0 Å². The Morgan fingerprint density at radius 1 is 0.970 bits per heavy atom. The number of hydrogen-bond donors (Lipinski definition) is 1. The van der Waals surface area contributed by atoms with E-state index < -0.39 is 15.9 Å². The second kappa shape index (κ2) is 10.1. The number of amides is 2. The predicted molar refractivity (Wildman–Crippen MR) is 129 cm³/mol. The summed E-state index contributed by atoms with van der Waals surface area (Å²) in [7, 11) is -3.62. The van der Waals surface area contributed by atoms with E-state index in [0.717, 1.165) is 30.2 Å². The molecule has 2 aromatic carbocycles. The van der Waals surface area contributed by atoms with Gasteiger partial charge in [-0.1, -0.05) is 42.7 Å². The van der Waals surface area contributed by atoms with Crippen LogP contribution in [0.15, 0.2) is 48.5 Å². The fourth-order valence-corrected chi connectivity index (χ4v) is 6.02. The molecule has 0 bridgehead atoms. The van der Waals surface area contributed by atoms with Gasteiger partial charge in [-0.3, -0.25) is 14.5 Å². The number of carbonyl (C=O) groups is 2. The molecule has 2 aliphatic rings. The number of nitrogens with one attached hydrogen (secondary N) is 1. The van der Waals surface area contributed by atoms with E-state index in [2.05, 4.69) is 41.4 Å². The monoisotopic (exact) mass is 469 g/mol. The summed E-state index contributed by atoms with van der Waals surface area (Å²) in [5.74, 6) is -0.833. The van der Waals surface area contributed by atoms with Crippen molar-refractivity contribution in [2.75, 3.05) is 29.7 Å². The Hall–Kier alpha value is -2.71. The van der Waals surface area contributed by atoms with Crippen LogP contribution in [0.2, 0.25) is 0 Å². The maximum absolute atomic E-state index is 12.9. The molecule has 7 nitrogen and oxygen atoms in total. The first-order valence-corrected chi connectivity index (χ1v) is 13.2. The molecule has 0 spiro atoms. The summed E-state index contributed by atoms with van der Waals surface area (Å²) in [6.07, 6.45) is 4.80. The summed E-state index contributed by atoms with van der Waals surface area (Å²) in [6.45, 7) is 4.59. The lowest BCUT2D eigenvalue weighted by molar-refractivity contribution is -0.116. The van der Waals surface area contributed by atoms with Gasteiger partial charge in [0.1, 0.15) is 0 Å². The van der Waals surface area contributed by atoms with Crippen LogP contribution in [-0.2, 0) is 14.8 Å². The fraction of sp³-hybridized carbons (Fsp3) is 0.440. The highest BCUT2D eigenvalue weighted by atomic mass is 32.2. The summed E-state index contributed by atoms with van der Waals surface area (Å²) in [6, 6.07) is 14.8. The topological polar surface area (TPSA) is 86.8 Å². The highest BCUT2D eigenvalue weighted by Crippen LogP contribution is 2.26. The Morgan fingerprint density at radius 3 is 2.18 bits per heavy atom. The largest absolute Gasteiger partial charge is 0.350 e. The highest BCUT2D eigenvalue weighted by Gasteiger charge is 2.36. The Morgan fingerprint density at radius 2 is 1.61 bits per heavy atom. The zero-order valence-electron chi connectivity index (χ0n) is 19.0. The number of anilines is 1. The van der Waals surface area contributed by atoms with Gasteiger partial charge in [0.2, 0.25) is 15.9 Å². The molecular weight excluding hydrogens is 438 g/mol. The molecule has 0 saturated carbocycles. The minimum absolute atomic E-state index is 0.0124. The van der Waals surface area contributed by atoms with Gasteiger partial charge < -0.3 is 5.32 Å². The van der Waals surface area contributed by atoms with Gasteiger partial charge in [-0.2, -0.15) is 0 Å². The maximum Gasteiger partial charge on any atom is 0.251 e. The minimum atomic E-state index is -3.62. The second-order valence-electron chi connectivity index (χ2n) is 8.86. The summed E-state index contributed by atoms with van der Waals surface area (Å²) in [5, 5.41) is 3.06. The van der Waals surface area contributed by atoms with E-state index in [4.69, 9.17) is 0 Å². The molecule has 176 valence electrons. The molecule has 0 unspecified atom stereocenters. The molecule has 1 N–H and O–H groups in total. The van der Waals surface area contributed by atoms with Crippen LogP contribution < -0.4 is 9.62 Å². The molecule has 2 heterocycles. The van der Waals surface area contributed by atoms with Crippen LogP contribution >= 0.6 is 0 Å². The first-order chi connectivity index (χ1) is 15.8. The van der Waals surface area contributed by atoms with E-state index in [0.29, 0.717) is 12.1 Å². The zero-order chi connectivity index (χ0) is 23.4. The summed E-state index contributed by atoms with van der Waals surface area (Å²) in [5.41, 5.74) is 3.10. The van der Waals surface area contributed by atoms with Gasteiger partial charge in [-0.15, -0.1) is 0 Å². The van der Waals surface area contributed by atoms with Crippen molar-refractivity contribution in [2.45, 2.75) is 45.1 Å². The Bertz CT molecular complexity index is 1090. The predicted octanol–water partition coefficient (Wildman–Crippen LogP) is 3.41. The Kier molecular flexibility index (Phi) is 7.14. The van der Waals surface area contributed by atoms with E-state index in [1.807, 2.05) is 0 Å². The molecule has 4 rings (SSSR count).